The van der Waals surface area contributed by atoms with Gasteiger partial charge in [0.15, 0.2) is 30.4 Å². The van der Waals surface area contributed by atoms with Gasteiger partial charge in [-0.1, -0.05) is 19.1 Å². The van der Waals surface area contributed by atoms with Crippen LogP contribution < -0.4 is 15.4 Å². The van der Waals surface area contributed by atoms with Crippen molar-refractivity contribution >= 4 is 52.7 Å². The Morgan fingerprint density at radius 1 is 0.973 bits per heavy atom. The van der Waals surface area contributed by atoms with Crippen molar-refractivity contribution in [3.8, 4) is 17.2 Å². The number of ketones is 3. The largest absolute Gasteiger partial charge is 0.507 e. The van der Waals surface area contributed by atoms with E-state index < -0.39 is 100 Å². The van der Waals surface area contributed by atoms with Gasteiger partial charge in [-0.2, -0.15) is 0 Å². The summed E-state index contributed by atoms with van der Waals surface area (Å²) < 4.78 is 47.8. The number of amides is 4. The highest BCUT2D eigenvalue weighted by molar-refractivity contribution is 8.00. The molecular weight excluding hydrogens is 997 g/mol. The Kier molecular flexibility index (Phi) is 16.7. The van der Waals surface area contributed by atoms with Crippen LogP contribution in [0.1, 0.15) is 115 Å². The molecule has 5 fully saturated rings. The number of carbonyl (C=O) groups excluding carboxylic acids is 7. The molecule has 7 aliphatic rings. The molecule has 1 saturated carbocycles. The summed E-state index contributed by atoms with van der Waals surface area (Å²) in [5.74, 6) is -3.16. The summed E-state index contributed by atoms with van der Waals surface area (Å²) in [6.45, 7) is 6.46. The lowest BCUT2D eigenvalue weighted by Gasteiger charge is -2.44. The summed E-state index contributed by atoms with van der Waals surface area (Å²) in [5.41, 5.74) is -2.13. The van der Waals surface area contributed by atoms with E-state index in [0.717, 1.165) is 25.7 Å². The maximum absolute atomic E-state index is 14.4. The molecule has 0 aromatic heterocycles. The highest BCUT2D eigenvalue weighted by atomic mass is 32.2. The molecule has 2 aromatic carbocycles. The van der Waals surface area contributed by atoms with Gasteiger partial charge >= 0.3 is 0 Å². The first-order valence-corrected chi connectivity index (χ1v) is 26.9. The zero-order chi connectivity index (χ0) is 53.5. The predicted molar refractivity (Wildman–Crippen MR) is 266 cm³/mol. The number of phenols is 2. The number of likely N-dealkylation sites (tertiary alicyclic amines) is 1. The number of nitrogens with one attached hydrogen (secondary N) is 2. The van der Waals surface area contributed by atoms with Crippen LogP contribution in [0.5, 0.6) is 17.2 Å². The minimum Gasteiger partial charge on any atom is -0.507 e. The van der Waals surface area contributed by atoms with Gasteiger partial charge in [-0.25, -0.2) is 0 Å². The van der Waals surface area contributed by atoms with Gasteiger partial charge in [0.25, 0.3) is 0 Å². The maximum atomic E-state index is 14.4. The van der Waals surface area contributed by atoms with Crippen molar-refractivity contribution < 1.29 is 81.7 Å². The quantitative estimate of drug-likeness (QED) is 0.0764. The molecule has 1 unspecified atom stereocenters. The van der Waals surface area contributed by atoms with E-state index in [1.54, 1.807) is 27.1 Å². The second kappa shape index (κ2) is 22.9. The van der Waals surface area contributed by atoms with Gasteiger partial charge in [0, 0.05) is 79.9 Å². The van der Waals surface area contributed by atoms with Crippen LogP contribution in [-0.4, -0.2) is 182 Å². The van der Waals surface area contributed by atoms with Crippen LogP contribution in [0.2, 0.25) is 0 Å². The van der Waals surface area contributed by atoms with Gasteiger partial charge in [0.05, 0.1) is 74.2 Å². The first kappa shape index (κ1) is 54.7. The molecule has 10 atom stereocenters. The van der Waals surface area contributed by atoms with Crippen molar-refractivity contribution in [1.82, 2.24) is 20.4 Å². The monoisotopic (exact) mass is 1060 g/mol. The van der Waals surface area contributed by atoms with E-state index in [1.807, 2.05) is 6.92 Å². The van der Waals surface area contributed by atoms with Crippen molar-refractivity contribution in [3.05, 3.63) is 51.6 Å². The highest BCUT2D eigenvalue weighted by Gasteiger charge is 2.55. The molecule has 0 radical (unpaired) electrons. The zero-order valence-corrected chi connectivity index (χ0v) is 44.0. The van der Waals surface area contributed by atoms with Crippen molar-refractivity contribution in [2.45, 2.75) is 127 Å². The number of aromatic hydroxyl groups is 2. The molecule has 0 bridgehead atoms. The van der Waals surface area contributed by atoms with Crippen LogP contribution in [0.4, 0.5) is 0 Å². The first-order valence-electron chi connectivity index (χ1n) is 25.9. The Hall–Kier alpha value is -5.04. The number of fused-ring (bicyclic) bond motifs is 6. The molecule has 4 saturated heterocycles. The molecule has 75 heavy (non-hydrogen) atoms. The first-order chi connectivity index (χ1) is 36.0. The number of Topliss-reactive ketones (excluding diaryl/α,β-unsaturated/α-hetero) is 1. The molecule has 2 aromatic rings. The van der Waals surface area contributed by atoms with E-state index in [4.69, 9.17) is 37.9 Å². The molecule has 21 nitrogen and oxygen atoms in total. The van der Waals surface area contributed by atoms with E-state index in [9.17, 15) is 43.8 Å². The number of benzene rings is 2. The average Bonchev–Trinajstić information content (AvgIpc) is 3.92. The molecular formula is C53H68N4O17S. The number of hydrogen-bond acceptors (Lipinski definition) is 19. The number of carbonyl (C=O) groups is 7. The number of ether oxygens (including phenoxy) is 8. The number of imide groups is 1. The smallest absolute Gasteiger partial charge is 0.249 e. The molecule has 22 heteroatoms. The number of methoxy groups -OCH3 is 2. The van der Waals surface area contributed by atoms with E-state index in [2.05, 4.69) is 15.5 Å². The van der Waals surface area contributed by atoms with Gasteiger partial charge in [-0.05, 0) is 64.4 Å². The Morgan fingerprint density at radius 3 is 2.47 bits per heavy atom. The van der Waals surface area contributed by atoms with Crippen LogP contribution in [0.3, 0.4) is 0 Å². The molecule has 4 N–H and O–H groups in total. The second-order valence-corrected chi connectivity index (χ2v) is 22.0. The van der Waals surface area contributed by atoms with Gasteiger partial charge in [-0.15, -0.1) is 11.8 Å². The van der Waals surface area contributed by atoms with Crippen LogP contribution in [0.25, 0.3) is 0 Å². The molecule has 3 aliphatic carbocycles. The van der Waals surface area contributed by atoms with Crippen molar-refractivity contribution in [2.24, 2.45) is 17.3 Å². The molecule has 9 rings (SSSR count). The minimum absolute atomic E-state index is 0.0162. The topological polar surface area (TPSA) is 264 Å². The lowest BCUT2D eigenvalue weighted by molar-refractivity contribution is -0.255. The summed E-state index contributed by atoms with van der Waals surface area (Å²) in [6, 6.07) is 4.33. The van der Waals surface area contributed by atoms with Gasteiger partial charge in [-0.3, -0.25) is 43.4 Å². The van der Waals surface area contributed by atoms with E-state index in [1.165, 1.54) is 42.8 Å². The molecule has 4 aliphatic heterocycles. The minimum atomic E-state index is -1.36. The molecule has 4 amide bonds. The summed E-state index contributed by atoms with van der Waals surface area (Å²) in [7, 11) is 4.54. The molecule has 4 heterocycles. The van der Waals surface area contributed by atoms with Crippen LogP contribution in [0.15, 0.2) is 18.2 Å². The molecule has 408 valence electrons. The van der Waals surface area contributed by atoms with E-state index in [-0.39, 0.29) is 109 Å². The van der Waals surface area contributed by atoms with Crippen LogP contribution >= 0.6 is 11.8 Å². The van der Waals surface area contributed by atoms with Crippen molar-refractivity contribution in [3.63, 3.8) is 0 Å². The summed E-state index contributed by atoms with van der Waals surface area (Å²) in [6.07, 6.45) is -1.72. The Balaban J connectivity index is 0.811. The van der Waals surface area contributed by atoms with Crippen molar-refractivity contribution in [2.75, 3.05) is 73.1 Å². The van der Waals surface area contributed by atoms with E-state index in [0.29, 0.717) is 31.9 Å². The standard InChI is InChI=1S/C53H68N4O17S/c1-26-47-32(56-14-15-71-52(68-6)51(56)74-47)20-38(72-26)73-34-23-53(3,22-31-40(34)46(63)42-41(44(31)61)43(60)30-8-7-9-33(67-5)39(30)45(42)62)36(58)24-55-48(64)27(2)70-17-16-69-18-19-75-35-21-37(59)57(50(35)66)25-28-10-12-29(13-11-28)49(65)54-4/h7-9,26-29,32,34-35,38,47,51-52,61,63H,10-25H2,1-6H3,(H,54,65)(H,55,64)/t26-,27-,28?,29?,32-,34-,35?,38-,47+,51+,52-,53+/m0/s1. The average molecular weight is 1070 g/mol. The predicted octanol–water partition coefficient (Wildman–Crippen LogP) is 2.95. The van der Waals surface area contributed by atoms with Gasteiger partial charge in [0.2, 0.25) is 29.4 Å². The number of phenolic OH excluding ortho intramolecular Hbond substituents is 2. The normalized spacial score (nSPS) is 30.7. The lowest BCUT2D eigenvalue weighted by Crippen LogP contribution is -2.55. The fourth-order valence-corrected chi connectivity index (χ4v) is 13.1. The lowest BCUT2D eigenvalue weighted by atomic mass is 9.66. The Bertz CT molecular complexity index is 2570. The Labute approximate surface area is 439 Å². The van der Waals surface area contributed by atoms with E-state index >= 15 is 0 Å². The molecule has 0 spiro atoms. The fourth-order valence-electron chi connectivity index (χ4n) is 12.0. The SMILES string of the molecule is CNC(=O)C1CCC(CN2C(=O)CC(SCCOCCO[C@@H](C)C(=O)NCC(=O)[C@]3(C)Cc4c(O)c5c(c(O)c4[C@@H](O[C@H]4C[C@H]6[C@H](O[C@@H]7[C@@H](OC)OCCN76)[C@H](C)O4)C3)C(=O)c3c(OC)cccc3C5=O)C2=O)CC1. The van der Waals surface area contributed by atoms with Gasteiger partial charge < -0.3 is 58.7 Å². The Morgan fingerprint density at radius 2 is 1.73 bits per heavy atom. The number of nitrogens with zero attached hydrogens (tertiary/aromatic N) is 2. The number of morpholine rings is 1. The van der Waals surface area contributed by atoms with Crippen LogP contribution in [-0.2, 0) is 63.6 Å². The summed E-state index contributed by atoms with van der Waals surface area (Å²) in [5, 5.41) is 29.2. The fraction of sp³-hybridized carbons (Fsp3) is 0.642. The number of rotatable bonds is 19. The van der Waals surface area contributed by atoms with Crippen LogP contribution in [0, 0.1) is 17.3 Å². The second-order valence-electron chi connectivity index (χ2n) is 20.7. The highest BCUT2D eigenvalue weighted by Crippen LogP contribution is 2.55. The number of thioether (sulfide) groups is 1. The number of hydrogen-bond donors (Lipinski definition) is 4. The van der Waals surface area contributed by atoms with Crippen molar-refractivity contribution in [1.29, 1.82) is 0 Å². The third-order valence-corrected chi connectivity index (χ3v) is 17.3. The maximum Gasteiger partial charge on any atom is 0.249 e. The summed E-state index contributed by atoms with van der Waals surface area (Å²) >= 11 is 1.36. The van der Waals surface area contributed by atoms with Gasteiger partial charge in [0.1, 0.15) is 29.5 Å². The third kappa shape index (κ3) is 10.7. The zero-order valence-electron chi connectivity index (χ0n) is 43.2. The summed E-state index contributed by atoms with van der Waals surface area (Å²) in [4.78, 5) is 97.7. The third-order valence-electron chi connectivity index (χ3n) is 16.1.